The van der Waals surface area contributed by atoms with Crippen LogP contribution >= 0.6 is 0 Å². The Bertz CT molecular complexity index is 870. The smallest absolute Gasteiger partial charge is 0.328 e. The quantitative estimate of drug-likeness (QED) is 0.252. The third kappa shape index (κ3) is 9.15. The van der Waals surface area contributed by atoms with E-state index in [1.54, 1.807) is 0 Å². The summed E-state index contributed by atoms with van der Waals surface area (Å²) < 4.78 is 30.5. The van der Waals surface area contributed by atoms with Gasteiger partial charge < -0.3 is 33.3 Å². The molecule has 0 bridgehead atoms. The Morgan fingerprint density at radius 1 is 0.750 bits per heavy atom. The SMILES string of the molecule is COC(=O)[C@@H]1CCCN1C(=O)[C@H](OC(C)=O)[C@@H](OC(C)=O)[C@H](OC(C)=O)[C@@H](COC(C)=O)OC(C)=O. The van der Waals surface area contributed by atoms with E-state index in [-0.39, 0.29) is 13.0 Å². The van der Waals surface area contributed by atoms with Gasteiger partial charge in [-0.2, -0.15) is 0 Å². The highest BCUT2D eigenvalue weighted by molar-refractivity contribution is 5.89. The van der Waals surface area contributed by atoms with Crippen LogP contribution in [0.4, 0.5) is 0 Å². The van der Waals surface area contributed by atoms with Crippen LogP contribution in [0, 0.1) is 0 Å². The highest BCUT2D eigenvalue weighted by atomic mass is 16.6. The number of rotatable bonds is 11. The molecule has 0 unspecified atom stereocenters. The van der Waals surface area contributed by atoms with Crippen LogP contribution in [0.5, 0.6) is 0 Å². The van der Waals surface area contributed by atoms with Crippen molar-refractivity contribution in [3.63, 3.8) is 0 Å². The number of hydrogen-bond donors (Lipinski definition) is 0. The molecule has 202 valence electrons. The maximum absolute atomic E-state index is 13.6. The summed E-state index contributed by atoms with van der Waals surface area (Å²) in [5, 5.41) is 0. The van der Waals surface area contributed by atoms with Crippen molar-refractivity contribution >= 4 is 41.7 Å². The molecule has 0 spiro atoms. The molecule has 0 aromatic heterocycles. The molecule has 0 radical (unpaired) electrons. The van der Waals surface area contributed by atoms with Crippen molar-refractivity contribution in [2.24, 2.45) is 0 Å². The van der Waals surface area contributed by atoms with E-state index in [1.807, 2.05) is 0 Å². The van der Waals surface area contributed by atoms with Crippen LogP contribution in [0.2, 0.25) is 0 Å². The van der Waals surface area contributed by atoms with Crippen molar-refractivity contribution in [3.8, 4) is 0 Å². The maximum Gasteiger partial charge on any atom is 0.328 e. The van der Waals surface area contributed by atoms with E-state index in [0.717, 1.165) is 46.6 Å². The Morgan fingerprint density at radius 2 is 1.28 bits per heavy atom. The van der Waals surface area contributed by atoms with Crippen molar-refractivity contribution < 1.29 is 62.0 Å². The summed E-state index contributed by atoms with van der Waals surface area (Å²) in [6.45, 7) is 4.48. The molecule has 36 heavy (non-hydrogen) atoms. The van der Waals surface area contributed by atoms with Crippen LogP contribution in [-0.2, 0) is 62.0 Å². The van der Waals surface area contributed by atoms with Gasteiger partial charge in [0.2, 0.25) is 6.10 Å². The minimum Gasteiger partial charge on any atom is -0.467 e. The molecule has 0 N–H and O–H groups in total. The van der Waals surface area contributed by atoms with Gasteiger partial charge in [0, 0.05) is 41.2 Å². The number of likely N-dealkylation sites (tertiary alicyclic amines) is 1. The topological polar surface area (TPSA) is 178 Å². The van der Waals surface area contributed by atoms with Crippen molar-refractivity contribution in [2.75, 3.05) is 20.3 Å². The fourth-order valence-electron chi connectivity index (χ4n) is 3.66. The molecule has 1 rings (SSSR count). The first-order chi connectivity index (χ1) is 16.8. The molecule has 5 atom stereocenters. The average molecular weight is 517 g/mol. The third-order valence-corrected chi connectivity index (χ3v) is 4.91. The minimum atomic E-state index is -1.93. The summed E-state index contributed by atoms with van der Waals surface area (Å²) in [6.07, 6.45) is -6.44. The van der Waals surface area contributed by atoms with E-state index in [9.17, 15) is 33.6 Å². The molecule has 1 aliphatic rings. The molecule has 0 aromatic rings. The Morgan fingerprint density at radius 3 is 1.75 bits per heavy atom. The molecule has 0 saturated carbocycles. The average Bonchev–Trinajstić information content (AvgIpc) is 3.25. The van der Waals surface area contributed by atoms with Gasteiger partial charge in [-0.3, -0.25) is 28.8 Å². The van der Waals surface area contributed by atoms with Gasteiger partial charge in [-0.25, -0.2) is 4.79 Å². The predicted molar refractivity (Wildman–Crippen MR) is 116 cm³/mol. The van der Waals surface area contributed by atoms with Crippen molar-refractivity contribution in [1.29, 1.82) is 0 Å². The van der Waals surface area contributed by atoms with E-state index in [2.05, 4.69) is 0 Å². The summed E-state index contributed by atoms with van der Waals surface area (Å²) in [5.74, 6) is -6.20. The zero-order valence-corrected chi connectivity index (χ0v) is 21.0. The third-order valence-electron chi connectivity index (χ3n) is 4.91. The van der Waals surface area contributed by atoms with E-state index in [0.29, 0.717) is 6.42 Å². The second kappa shape index (κ2) is 14.0. The standard InChI is InChI=1S/C22H31NO13/c1-11(24)32-10-17(33-12(2)25)18(34-13(3)26)19(35-14(4)27)20(36-15(5)28)21(29)23-9-7-8-16(23)22(30)31-6/h16-20H,7-10H2,1-6H3/t16-,17+,18+,19-,20+/m0/s1. The normalized spacial score (nSPS) is 18.1. The number of methoxy groups -OCH3 is 1. The van der Waals surface area contributed by atoms with Gasteiger partial charge in [0.15, 0.2) is 18.3 Å². The summed E-state index contributed by atoms with van der Waals surface area (Å²) in [4.78, 5) is 85.9. The van der Waals surface area contributed by atoms with E-state index in [1.165, 1.54) is 0 Å². The lowest BCUT2D eigenvalue weighted by atomic mass is 10.0. The highest BCUT2D eigenvalue weighted by Gasteiger charge is 2.50. The van der Waals surface area contributed by atoms with E-state index >= 15 is 0 Å². The lowest BCUT2D eigenvalue weighted by Gasteiger charge is -2.36. The number of nitrogens with zero attached hydrogens (tertiary/aromatic N) is 1. The molecule has 1 fully saturated rings. The Kier molecular flexibility index (Phi) is 11.8. The first-order valence-corrected chi connectivity index (χ1v) is 11.0. The van der Waals surface area contributed by atoms with E-state index < -0.39 is 78.8 Å². The predicted octanol–water partition coefficient (Wildman–Crippen LogP) is -0.560. The first kappa shape index (κ1) is 30.3. The Hall–Kier alpha value is -3.71. The van der Waals surface area contributed by atoms with Gasteiger partial charge in [-0.1, -0.05) is 0 Å². The second-order valence-corrected chi connectivity index (χ2v) is 7.84. The fourth-order valence-corrected chi connectivity index (χ4v) is 3.66. The zero-order chi connectivity index (χ0) is 27.6. The minimum absolute atomic E-state index is 0.0855. The highest BCUT2D eigenvalue weighted by Crippen LogP contribution is 2.25. The van der Waals surface area contributed by atoms with Gasteiger partial charge in [0.05, 0.1) is 7.11 Å². The summed E-state index contributed by atoms with van der Waals surface area (Å²) in [6, 6.07) is -1.00. The Balaban J connectivity index is 3.60. The lowest BCUT2D eigenvalue weighted by molar-refractivity contribution is -0.205. The summed E-state index contributed by atoms with van der Waals surface area (Å²) in [5.41, 5.74) is 0. The number of esters is 6. The molecule has 1 aliphatic heterocycles. The van der Waals surface area contributed by atoms with E-state index in [4.69, 9.17) is 28.4 Å². The van der Waals surface area contributed by atoms with Gasteiger partial charge in [-0.05, 0) is 12.8 Å². The fraction of sp³-hybridized carbons (Fsp3) is 0.682. The van der Waals surface area contributed by atoms with Gasteiger partial charge in [0.25, 0.3) is 5.91 Å². The number of amides is 1. The van der Waals surface area contributed by atoms with Crippen LogP contribution in [-0.4, -0.2) is 97.3 Å². The molecule has 0 aliphatic carbocycles. The monoisotopic (exact) mass is 517 g/mol. The molecule has 1 heterocycles. The van der Waals surface area contributed by atoms with Crippen LogP contribution in [0.3, 0.4) is 0 Å². The molecular weight excluding hydrogens is 486 g/mol. The van der Waals surface area contributed by atoms with Gasteiger partial charge in [0.1, 0.15) is 12.6 Å². The van der Waals surface area contributed by atoms with Gasteiger partial charge >= 0.3 is 35.8 Å². The number of carbonyl (C=O) groups is 7. The number of hydrogen-bond acceptors (Lipinski definition) is 13. The molecule has 1 amide bonds. The molecule has 14 heteroatoms. The van der Waals surface area contributed by atoms with Crippen molar-refractivity contribution in [1.82, 2.24) is 4.90 Å². The summed E-state index contributed by atoms with van der Waals surface area (Å²) >= 11 is 0. The van der Waals surface area contributed by atoms with Crippen molar-refractivity contribution in [2.45, 2.75) is 77.9 Å². The molecule has 0 aromatic carbocycles. The van der Waals surface area contributed by atoms with Crippen LogP contribution in [0.25, 0.3) is 0 Å². The summed E-state index contributed by atoms with van der Waals surface area (Å²) in [7, 11) is 1.14. The van der Waals surface area contributed by atoms with Gasteiger partial charge in [-0.15, -0.1) is 0 Å². The maximum atomic E-state index is 13.6. The van der Waals surface area contributed by atoms with Crippen LogP contribution in [0.1, 0.15) is 47.5 Å². The molecule has 14 nitrogen and oxygen atoms in total. The number of carbonyl (C=O) groups excluding carboxylic acids is 7. The zero-order valence-electron chi connectivity index (χ0n) is 21.0. The number of ether oxygens (including phenoxy) is 6. The molecule has 1 saturated heterocycles. The van der Waals surface area contributed by atoms with Crippen molar-refractivity contribution in [3.05, 3.63) is 0 Å². The largest absolute Gasteiger partial charge is 0.467 e. The molecular formula is C22H31NO13. The second-order valence-electron chi connectivity index (χ2n) is 7.84. The lowest BCUT2D eigenvalue weighted by Crippen LogP contribution is -2.58. The first-order valence-electron chi connectivity index (χ1n) is 11.0. The van der Waals surface area contributed by atoms with Crippen LogP contribution in [0.15, 0.2) is 0 Å². The van der Waals surface area contributed by atoms with Crippen LogP contribution < -0.4 is 0 Å². The Labute approximate surface area is 207 Å².